The van der Waals surface area contributed by atoms with E-state index in [-0.39, 0.29) is 4.90 Å². The summed E-state index contributed by atoms with van der Waals surface area (Å²) in [5.41, 5.74) is 0.514. The van der Waals surface area contributed by atoms with E-state index in [1.54, 1.807) is 30.3 Å². The number of thioether (sulfide) groups is 1. The predicted octanol–water partition coefficient (Wildman–Crippen LogP) is 4.65. The van der Waals surface area contributed by atoms with Gasteiger partial charge >= 0.3 is 6.36 Å². The van der Waals surface area contributed by atoms with Crippen LogP contribution >= 0.6 is 11.8 Å². The van der Waals surface area contributed by atoms with Gasteiger partial charge in [-0.15, -0.1) is 24.9 Å². The number of hydrogen-bond donors (Lipinski definition) is 0. The summed E-state index contributed by atoms with van der Waals surface area (Å²) in [5.74, 6) is -0.549. The van der Waals surface area contributed by atoms with Gasteiger partial charge in [0.05, 0.1) is 4.90 Å². The maximum absolute atomic E-state index is 12.5. The third kappa shape index (κ3) is 5.03. The summed E-state index contributed by atoms with van der Waals surface area (Å²) in [6.45, 7) is 0. The Kier molecular flexibility index (Phi) is 6.00. The van der Waals surface area contributed by atoms with E-state index in [2.05, 4.69) is 4.74 Å². The van der Waals surface area contributed by atoms with Crippen LogP contribution in [0.25, 0.3) is 6.08 Å². The molecule has 0 unspecified atom stereocenters. The number of alkyl halides is 3. The lowest BCUT2D eigenvalue weighted by Gasteiger charge is -2.09. The van der Waals surface area contributed by atoms with E-state index < -0.39 is 26.9 Å². The van der Waals surface area contributed by atoms with Crippen LogP contribution in [0.2, 0.25) is 0 Å². The van der Waals surface area contributed by atoms with Crippen molar-refractivity contribution >= 4 is 27.7 Å². The second-order valence-corrected chi connectivity index (χ2v) is 7.71. The molecule has 0 aromatic heterocycles. The summed E-state index contributed by atoms with van der Waals surface area (Å²) in [6, 6.07) is 12.2. The zero-order valence-electron chi connectivity index (χ0n) is 13.3. The molecular formula is C17H12F3NO3S2. The van der Waals surface area contributed by atoms with Crippen LogP contribution < -0.4 is 4.74 Å². The Morgan fingerprint density at radius 3 is 2.15 bits per heavy atom. The second kappa shape index (κ2) is 7.85. The topological polar surface area (TPSA) is 67.2 Å². The third-order valence-corrected chi connectivity index (χ3v) is 5.61. The molecule has 0 atom stereocenters. The lowest BCUT2D eigenvalue weighted by molar-refractivity contribution is -0.274. The monoisotopic (exact) mass is 399 g/mol. The molecule has 0 saturated heterocycles. The van der Waals surface area contributed by atoms with Crippen LogP contribution in [0, 0.1) is 11.3 Å². The molecule has 2 rings (SSSR count). The van der Waals surface area contributed by atoms with Crippen LogP contribution in [0.15, 0.2) is 63.2 Å². The van der Waals surface area contributed by atoms with Crippen molar-refractivity contribution in [1.29, 1.82) is 5.26 Å². The zero-order chi connectivity index (χ0) is 19.4. The molecule has 0 spiro atoms. The minimum absolute atomic E-state index is 0.305. The number of sulfone groups is 1. The Balaban J connectivity index is 2.34. The first-order valence-electron chi connectivity index (χ1n) is 7.02. The molecule has 0 aliphatic heterocycles. The molecule has 0 radical (unpaired) electrons. The van der Waals surface area contributed by atoms with Crippen LogP contribution in [0.5, 0.6) is 5.75 Å². The van der Waals surface area contributed by atoms with Gasteiger partial charge in [0.1, 0.15) is 16.7 Å². The van der Waals surface area contributed by atoms with Crippen LogP contribution in [0.3, 0.4) is 0 Å². The van der Waals surface area contributed by atoms with E-state index in [0.29, 0.717) is 5.56 Å². The quantitative estimate of drug-likeness (QED) is 0.541. The molecule has 0 aliphatic rings. The average molecular weight is 399 g/mol. The Bertz CT molecular complexity index is 943. The highest BCUT2D eigenvalue weighted by Crippen LogP contribution is 2.27. The lowest BCUT2D eigenvalue weighted by atomic mass is 10.2. The lowest BCUT2D eigenvalue weighted by Crippen LogP contribution is -2.17. The largest absolute Gasteiger partial charge is 0.573 e. The molecule has 0 bridgehead atoms. The highest BCUT2D eigenvalue weighted by Gasteiger charge is 2.31. The van der Waals surface area contributed by atoms with Gasteiger partial charge in [-0.25, -0.2) is 8.42 Å². The molecule has 4 nitrogen and oxygen atoms in total. The van der Waals surface area contributed by atoms with Crippen LogP contribution in [0.4, 0.5) is 13.2 Å². The van der Waals surface area contributed by atoms with Crippen molar-refractivity contribution in [1.82, 2.24) is 0 Å². The Hall–Kier alpha value is -2.44. The third-order valence-electron chi connectivity index (χ3n) is 3.18. The number of benzene rings is 2. The minimum atomic E-state index is -4.87. The van der Waals surface area contributed by atoms with E-state index in [1.807, 2.05) is 6.26 Å². The first-order chi connectivity index (χ1) is 12.2. The maximum atomic E-state index is 12.5. The summed E-state index contributed by atoms with van der Waals surface area (Å²) in [6.07, 6.45) is -1.78. The van der Waals surface area contributed by atoms with Gasteiger partial charge in [-0.2, -0.15) is 5.26 Å². The van der Waals surface area contributed by atoms with E-state index in [9.17, 15) is 26.9 Å². The Morgan fingerprint density at radius 2 is 1.69 bits per heavy atom. The molecule has 2 aromatic rings. The normalized spacial score (nSPS) is 12.5. The SMILES string of the molecule is CSc1ccc(C=C(C#N)S(=O)(=O)c2ccc(OC(F)(F)F)cc2)cc1. The van der Waals surface area contributed by atoms with E-state index in [4.69, 9.17) is 0 Å². The van der Waals surface area contributed by atoms with Gasteiger partial charge in [-0.1, -0.05) is 12.1 Å². The van der Waals surface area contributed by atoms with Gasteiger partial charge in [0.2, 0.25) is 9.84 Å². The standard InChI is InChI=1S/C17H12F3NO3S2/c1-25-14-6-2-12(3-7-14)10-16(11-21)26(22,23)15-8-4-13(5-9-15)24-17(18,19)20/h2-10H,1H3. The van der Waals surface area contributed by atoms with Crippen molar-refractivity contribution in [2.24, 2.45) is 0 Å². The van der Waals surface area contributed by atoms with Crippen molar-refractivity contribution < 1.29 is 26.3 Å². The molecule has 0 heterocycles. The number of allylic oxidation sites excluding steroid dienone is 1. The molecule has 136 valence electrons. The summed E-state index contributed by atoms with van der Waals surface area (Å²) in [5, 5.41) is 9.22. The number of rotatable bonds is 5. The first-order valence-corrected chi connectivity index (χ1v) is 9.73. The van der Waals surface area contributed by atoms with Crippen molar-refractivity contribution in [2.75, 3.05) is 6.26 Å². The number of hydrogen-bond acceptors (Lipinski definition) is 5. The van der Waals surface area contributed by atoms with Gasteiger partial charge in [0, 0.05) is 4.90 Å². The van der Waals surface area contributed by atoms with Crippen molar-refractivity contribution in [3.05, 3.63) is 59.0 Å². The van der Waals surface area contributed by atoms with E-state index >= 15 is 0 Å². The van der Waals surface area contributed by atoms with Gasteiger partial charge in [0.15, 0.2) is 0 Å². The first kappa shape index (κ1) is 19.9. The number of ether oxygens (including phenoxy) is 1. The molecular weight excluding hydrogens is 387 g/mol. The van der Waals surface area contributed by atoms with Gasteiger partial charge in [-0.3, -0.25) is 0 Å². The molecule has 2 aromatic carbocycles. The highest BCUT2D eigenvalue weighted by atomic mass is 32.2. The minimum Gasteiger partial charge on any atom is -0.406 e. The van der Waals surface area contributed by atoms with Crippen LogP contribution in [-0.4, -0.2) is 21.0 Å². The summed E-state index contributed by atoms with van der Waals surface area (Å²) >= 11 is 1.51. The van der Waals surface area contributed by atoms with E-state index in [1.165, 1.54) is 17.8 Å². The van der Waals surface area contributed by atoms with Crippen molar-refractivity contribution in [3.63, 3.8) is 0 Å². The van der Waals surface area contributed by atoms with Crippen LogP contribution in [0.1, 0.15) is 5.56 Å². The fourth-order valence-corrected chi connectivity index (χ4v) is 3.54. The number of nitriles is 1. The van der Waals surface area contributed by atoms with Gasteiger partial charge in [0.25, 0.3) is 0 Å². The summed E-state index contributed by atoms with van der Waals surface area (Å²) in [4.78, 5) is 0.156. The summed E-state index contributed by atoms with van der Waals surface area (Å²) in [7, 11) is -4.17. The van der Waals surface area contributed by atoms with E-state index in [0.717, 1.165) is 29.2 Å². The Labute approximate surface area is 152 Å². The molecule has 0 aliphatic carbocycles. The predicted molar refractivity (Wildman–Crippen MR) is 92.1 cm³/mol. The molecule has 0 fully saturated rings. The van der Waals surface area contributed by atoms with Crippen molar-refractivity contribution in [3.8, 4) is 11.8 Å². The molecule has 0 N–H and O–H groups in total. The highest BCUT2D eigenvalue weighted by molar-refractivity contribution is 7.98. The second-order valence-electron chi connectivity index (χ2n) is 4.92. The average Bonchev–Trinajstić information content (AvgIpc) is 2.59. The molecule has 9 heteroatoms. The van der Waals surface area contributed by atoms with Gasteiger partial charge in [-0.05, 0) is 54.3 Å². The van der Waals surface area contributed by atoms with Crippen molar-refractivity contribution in [2.45, 2.75) is 16.2 Å². The maximum Gasteiger partial charge on any atom is 0.573 e. The smallest absolute Gasteiger partial charge is 0.406 e. The van der Waals surface area contributed by atoms with Crippen LogP contribution in [-0.2, 0) is 9.84 Å². The Morgan fingerprint density at radius 1 is 1.12 bits per heavy atom. The van der Waals surface area contributed by atoms with Gasteiger partial charge < -0.3 is 4.74 Å². The molecule has 26 heavy (non-hydrogen) atoms. The zero-order valence-corrected chi connectivity index (χ0v) is 15.0. The molecule has 0 amide bonds. The molecule has 0 saturated carbocycles. The number of halogens is 3. The summed E-state index contributed by atoms with van der Waals surface area (Å²) < 4.78 is 65.2. The fourth-order valence-electron chi connectivity index (χ4n) is 1.97. The number of nitrogens with zero attached hydrogens (tertiary/aromatic N) is 1. The fraction of sp³-hybridized carbons (Fsp3) is 0.118.